The van der Waals surface area contributed by atoms with E-state index in [4.69, 9.17) is 4.74 Å². The molecular weight excluding hydrogens is 425 g/mol. The van der Waals surface area contributed by atoms with Gasteiger partial charge in [-0.1, -0.05) is 42.5 Å². The molecule has 0 saturated carbocycles. The molecule has 2 N–H and O–H groups in total. The number of methoxy groups -OCH3 is 1. The number of ether oxygens (including phenoxy) is 1. The quantitative estimate of drug-likeness (QED) is 0.464. The van der Waals surface area contributed by atoms with Crippen LogP contribution in [0.2, 0.25) is 0 Å². The molecule has 9 heteroatoms. The van der Waals surface area contributed by atoms with Crippen molar-refractivity contribution in [2.24, 2.45) is 0 Å². The Kier molecular flexibility index (Phi) is 5.35. The lowest BCUT2D eigenvalue weighted by Crippen LogP contribution is -2.12. The molecule has 0 fully saturated rings. The summed E-state index contributed by atoms with van der Waals surface area (Å²) in [6.07, 6.45) is -4.87. The molecule has 0 aliphatic rings. The predicted molar refractivity (Wildman–Crippen MR) is 110 cm³/mol. The third kappa shape index (κ3) is 3.90. The Balaban J connectivity index is 1.87. The lowest BCUT2D eigenvalue weighted by Gasteiger charge is -2.18. The van der Waals surface area contributed by atoms with E-state index in [9.17, 15) is 28.2 Å². The third-order valence-electron chi connectivity index (χ3n) is 5.07. The van der Waals surface area contributed by atoms with Gasteiger partial charge in [-0.2, -0.15) is 18.2 Å². The highest BCUT2D eigenvalue weighted by Gasteiger charge is 2.33. The first-order chi connectivity index (χ1) is 15.2. The number of hydrogen-bond acceptors (Lipinski definition) is 4. The summed E-state index contributed by atoms with van der Waals surface area (Å²) in [7, 11) is 1.32. The highest BCUT2D eigenvalue weighted by molar-refractivity contribution is 5.96. The van der Waals surface area contributed by atoms with E-state index in [0.717, 1.165) is 12.1 Å². The average Bonchev–Trinajstić information content (AvgIpc) is 3.21. The van der Waals surface area contributed by atoms with E-state index in [1.165, 1.54) is 35.9 Å². The topological polar surface area (TPSA) is 84.1 Å². The smallest absolute Gasteiger partial charge is 0.416 e. The van der Waals surface area contributed by atoms with Gasteiger partial charge in [0.25, 0.3) is 0 Å². The summed E-state index contributed by atoms with van der Waals surface area (Å²) in [4.78, 5) is 15.9. The van der Waals surface area contributed by atoms with E-state index >= 15 is 0 Å². The molecule has 4 aromatic rings. The first-order valence-corrected chi connectivity index (χ1v) is 9.44. The number of fused-ring (bicyclic) bond motifs is 1. The Bertz CT molecular complexity index is 1300. The standard InChI is InChI=1S/C23H17F3N2O4/c1-32-20-12-28-18(10-15(23(24,25)26)11-19(28)27-20)21(29)14-7-8-16(17(9-14)22(30)31)13-5-3-2-4-6-13/h2-12,21,29H,1H3,(H,30,31). The predicted octanol–water partition coefficient (Wildman–Crippen LogP) is 4.81. The van der Waals surface area contributed by atoms with Crippen LogP contribution in [0, 0.1) is 0 Å². The first kappa shape index (κ1) is 21.4. The van der Waals surface area contributed by atoms with Crippen molar-refractivity contribution in [2.75, 3.05) is 7.11 Å². The minimum atomic E-state index is -4.67. The molecule has 1 atom stereocenters. The number of aromatic carboxylic acids is 1. The molecular formula is C23H17F3N2O4. The van der Waals surface area contributed by atoms with Gasteiger partial charge in [0.1, 0.15) is 11.8 Å². The summed E-state index contributed by atoms with van der Waals surface area (Å²) in [6, 6.07) is 14.7. The van der Waals surface area contributed by atoms with E-state index < -0.39 is 23.8 Å². The SMILES string of the molecule is COc1cn2c(C(O)c3ccc(-c4ccccc4)c(C(=O)O)c3)cc(C(F)(F)F)cc2n1. The van der Waals surface area contributed by atoms with Crippen LogP contribution in [-0.4, -0.2) is 32.7 Å². The minimum absolute atomic E-state index is 0.0647. The molecule has 4 rings (SSSR count). The third-order valence-corrected chi connectivity index (χ3v) is 5.07. The number of aliphatic hydroxyl groups excluding tert-OH is 1. The van der Waals surface area contributed by atoms with Crippen molar-refractivity contribution in [3.05, 3.63) is 89.2 Å². The van der Waals surface area contributed by atoms with E-state index in [1.54, 1.807) is 30.3 Å². The zero-order valence-corrected chi connectivity index (χ0v) is 16.7. The van der Waals surface area contributed by atoms with Gasteiger partial charge in [-0.15, -0.1) is 0 Å². The normalized spacial score (nSPS) is 12.7. The molecule has 32 heavy (non-hydrogen) atoms. The highest BCUT2D eigenvalue weighted by atomic mass is 19.4. The van der Waals surface area contributed by atoms with Crippen molar-refractivity contribution >= 4 is 11.6 Å². The Morgan fingerprint density at radius 2 is 1.81 bits per heavy atom. The number of alkyl halides is 3. The van der Waals surface area contributed by atoms with Gasteiger partial charge in [0.15, 0.2) is 0 Å². The van der Waals surface area contributed by atoms with Gasteiger partial charge in [-0.05, 0) is 34.9 Å². The molecule has 164 valence electrons. The second kappa shape index (κ2) is 8.01. The number of rotatable bonds is 5. The van der Waals surface area contributed by atoms with Crippen LogP contribution in [-0.2, 0) is 6.18 Å². The van der Waals surface area contributed by atoms with Crippen molar-refractivity contribution in [2.45, 2.75) is 12.3 Å². The number of carbonyl (C=O) groups is 1. The van der Waals surface area contributed by atoms with E-state index in [0.29, 0.717) is 11.1 Å². The monoisotopic (exact) mass is 442 g/mol. The van der Waals surface area contributed by atoms with Crippen molar-refractivity contribution < 1.29 is 32.9 Å². The fourth-order valence-electron chi connectivity index (χ4n) is 3.51. The lowest BCUT2D eigenvalue weighted by molar-refractivity contribution is -0.137. The molecule has 0 aliphatic heterocycles. The summed E-state index contributed by atoms with van der Waals surface area (Å²) in [6.45, 7) is 0. The maximum absolute atomic E-state index is 13.4. The summed E-state index contributed by atoms with van der Waals surface area (Å²) >= 11 is 0. The number of hydrogen-bond donors (Lipinski definition) is 2. The van der Waals surface area contributed by atoms with Crippen molar-refractivity contribution in [1.82, 2.24) is 9.38 Å². The number of imidazole rings is 1. The Morgan fingerprint density at radius 1 is 1.09 bits per heavy atom. The van der Waals surface area contributed by atoms with Crippen LogP contribution in [0.1, 0.15) is 33.3 Å². The van der Waals surface area contributed by atoms with Crippen molar-refractivity contribution in [1.29, 1.82) is 0 Å². The Hall–Kier alpha value is -3.85. The number of aliphatic hydroxyl groups is 1. The van der Waals surface area contributed by atoms with Crippen LogP contribution in [0.25, 0.3) is 16.8 Å². The van der Waals surface area contributed by atoms with Gasteiger partial charge in [0, 0.05) is 0 Å². The van der Waals surface area contributed by atoms with Crippen LogP contribution in [0.5, 0.6) is 5.88 Å². The second-order valence-corrected chi connectivity index (χ2v) is 7.06. The number of carboxylic acids is 1. The summed E-state index contributed by atoms with van der Waals surface area (Å²) in [5, 5.41) is 20.7. The number of nitrogens with zero attached hydrogens (tertiary/aromatic N) is 2. The first-order valence-electron chi connectivity index (χ1n) is 9.44. The molecule has 0 aliphatic carbocycles. The Morgan fingerprint density at radius 3 is 2.44 bits per heavy atom. The van der Waals surface area contributed by atoms with Crippen molar-refractivity contribution in [3.8, 4) is 17.0 Å². The van der Waals surface area contributed by atoms with Crippen LogP contribution < -0.4 is 4.74 Å². The van der Waals surface area contributed by atoms with Crippen molar-refractivity contribution in [3.63, 3.8) is 0 Å². The van der Waals surface area contributed by atoms with Gasteiger partial charge >= 0.3 is 12.1 Å². The molecule has 2 aromatic carbocycles. The second-order valence-electron chi connectivity index (χ2n) is 7.06. The highest BCUT2D eigenvalue weighted by Crippen LogP contribution is 2.35. The maximum atomic E-state index is 13.4. The molecule has 0 spiro atoms. The molecule has 0 saturated heterocycles. The number of carboxylic acid groups (broad SMARTS) is 1. The number of benzene rings is 2. The fraction of sp³-hybridized carbons (Fsp3) is 0.130. The van der Waals surface area contributed by atoms with Gasteiger partial charge in [-0.3, -0.25) is 4.40 Å². The average molecular weight is 442 g/mol. The number of pyridine rings is 1. The van der Waals surface area contributed by atoms with E-state index in [1.807, 2.05) is 0 Å². The van der Waals surface area contributed by atoms with Crippen LogP contribution in [0.4, 0.5) is 13.2 Å². The molecule has 1 unspecified atom stereocenters. The maximum Gasteiger partial charge on any atom is 0.416 e. The molecule has 6 nitrogen and oxygen atoms in total. The zero-order valence-electron chi connectivity index (χ0n) is 16.7. The van der Waals surface area contributed by atoms with Gasteiger partial charge in [0.05, 0.1) is 30.1 Å². The largest absolute Gasteiger partial charge is 0.480 e. The summed E-state index contributed by atoms with van der Waals surface area (Å²) < 4.78 is 46.6. The van der Waals surface area contributed by atoms with Crippen LogP contribution in [0.3, 0.4) is 0 Å². The van der Waals surface area contributed by atoms with Crippen LogP contribution in [0.15, 0.2) is 66.9 Å². The van der Waals surface area contributed by atoms with Gasteiger partial charge in [-0.25, -0.2) is 4.79 Å². The molecule has 2 heterocycles. The molecule has 0 radical (unpaired) electrons. The number of aromatic nitrogens is 2. The summed E-state index contributed by atoms with van der Waals surface area (Å²) in [5.74, 6) is -1.15. The van der Waals surface area contributed by atoms with Gasteiger partial charge < -0.3 is 14.9 Å². The fourth-order valence-corrected chi connectivity index (χ4v) is 3.51. The van der Waals surface area contributed by atoms with Crippen LogP contribution >= 0.6 is 0 Å². The van der Waals surface area contributed by atoms with E-state index in [-0.39, 0.29) is 28.3 Å². The Labute approximate surface area is 180 Å². The minimum Gasteiger partial charge on any atom is -0.480 e. The molecule has 2 aromatic heterocycles. The summed E-state index contributed by atoms with van der Waals surface area (Å²) in [5.41, 5.74) is -0.0694. The van der Waals surface area contributed by atoms with Gasteiger partial charge in [0.2, 0.25) is 5.88 Å². The lowest BCUT2D eigenvalue weighted by atomic mass is 9.94. The molecule has 0 bridgehead atoms. The zero-order chi connectivity index (χ0) is 23.0. The molecule has 0 amide bonds. The van der Waals surface area contributed by atoms with E-state index in [2.05, 4.69) is 4.98 Å². The number of halogens is 3.